The van der Waals surface area contributed by atoms with Gasteiger partial charge in [-0.25, -0.2) is 4.79 Å². The maximum absolute atomic E-state index is 13.6. The molecule has 6 nitrogen and oxygen atoms in total. The smallest absolute Gasteiger partial charge is 0.407 e. The number of likely N-dealkylation sites (tertiary alicyclic amines) is 1. The molecule has 1 aromatic rings. The van der Waals surface area contributed by atoms with Gasteiger partial charge in [-0.1, -0.05) is 43.0 Å². The highest BCUT2D eigenvalue weighted by atomic mass is 35.5. The second-order valence-electron chi connectivity index (χ2n) is 9.57. The summed E-state index contributed by atoms with van der Waals surface area (Å²) in [6, 6.07) is 7.08. The quantitative estimate of drug-likeness (QED) is 0.739. The lowest BCUT2D eigenvalue weighted by molar-refractivity contribution is -0.140. The average Bonchev–Trinajstić information content (AvgIpc) is 3.09. The van der Waals surface area contributed by atoms with E-state index in [2.05, 4.69) is 5.32 Å². The summed E-state index contributed by atoms with van der Waals surface area (Å²) in [4.78, 5) is 27.4. The van der Waals surface area contributed by atoms with E-state index < -0.39 is 23.2 Å². The van der Waals surface area contributed by atoms with Crippen molar-refractivity contribution in [3.8, 4) is 0 Å². The zero-order valence-electron chi connectivity index (χ0n) is 18.1. The molecule has 2 aliphatic rings. The topological polar surface area (TPSA) is 78.9 Å². The molecule has 3 rings (SSSR count). The van der Waals surface area contributed by atoms with Crippen LogP contribution in [-0.4, -0.2) is 52.3 Å². The lowest BCUT2D eigenvalue weighted by Crippen LogP contribution is -2.48. The van der Waals surface area contributed by atoms with Gasteiger partial charge in [-0.3, -0.25) is 4.79 Å². The van der Waals surface area contributed by atoms with Crippen molar-refractivity contribution in [2.75, 3.05) is 13.1 Å². The van der Waals surface area contributed by atoms with Crippen LogP contribution in [0.15, 0.2) is 24.3 Å². The Morgan fingerprint density at radius 1 is 1.27 bits per heavy atom. The summed E-state index contributed by atoms with van der Waals surface area (Å²) in [7, 11) is 0. The Morgan fingerprint density at radius 2 is 1.97 bits per heavy atom. The minimum absolute atomic E-state index is 0.102. The van der Waals surface area contributed by atoms with Crippen LogP contribution in [0, 0.1) is 0 Å². The lowest BCUT2D eigenvalue weighted by Gasteiger charge is -2.40. The summed E-state index contributed by atoms with van der Waals surface area (Å²) < 4.78 is 5.33. The maximum atomic E-state index is 13.6. The highest BCUT2D eigenvalue weighted by Crippen LogP contribution is 2.42. The SMILES string of the molecule is CC(C)(C)OC(=O)N[C@H]1CCN(C(=O)C(c2cccc(Cl)c2)C2(O)CCCCC2)C1. The molecule has 1 unspecified atom stereocenters. The van der Waals surface area contributed by atoms with E-state index in [1.807, 2.05) is 32.9 Å². The van der Waals surface area contributed by atoms with E-state index in [0.29, 0.717) is 37.4 Å². The van der Waals surface area contributed by atoms with Gasteiger partial charge in [-0.2, -0.15) is 0 Å². The molecule has 30 heavy (non-hydrogen) atoms. The molecule has 1 heterocycles. The van der Waals surface area contributed by atoms with Gasteiger partial charge in [0, 0.05) is 18.1 Å². The van der Waals surface area contributed by atoms with Gasteiger partial charge >= 0.3 is 6.09 Å². The van der Waals surface area contributed by atoms with Crippen molar-refractivity contribution in [3.05, 3.63) is 34.9 Å². The van der Waals surface area contributed by atoms with Crippen molar-refractivity contribution in [3.63, 3.8) is 0 Å². The van der Waals surface area contributed by atoms with Gasteiger partial charge in [-0.05, 0) is 57.7 Å². The number of hydrogen-bond acceptors (Lipinski definition) is 4. The standard InChI is InChI=1S/C23H33ClN2O4/c1-22(2,3)30-21(28)25-18-10-13-26(15-18)20(27)19(16-8-7-9-17(24)14-16)23(29)11-5-4-6-12-23/h7-9,14,18-19,29H,4-6,10-13,15H2,1-3H3,(H,25,28)/t18-,19?/m0/s1. The third-order valence-electron chi connectivity index (χ3n) is 5.91. The van der Waals surface area contributed by atoms with E-state index in [4.69, 9.17) is 16.3 Å². The van der Waals surface area contributed by atoms with E-state index >= 15 is 0 Å². The first-order chi connectivity index (χ1) is 14.1. The number of carbonyl (C=O) groups excluding carboxylic acids is 2. The van der Waals surface area contributed by atoms with Crippen LogP contribution in [0.25, 0.3) is 0 Å². The van der Waals surface area contributed by atoms with Crippen LogP contribution in [0.5, 0.6) is 0 Å². The summed E-state index contributed by atoms with van der Waals surface area (Å²) in [5.74, 6) is -0.757. The molecule has 166 valence electrons. The van der Waals surface area contributed by atoms with Gasteiger partial charge in [0.1, 0.15) is 5.60 Å². The lowest BCUT2D eigenvalue weighted by atomic mass is 9.72. The normalized spacial score (nSPS) is 22.4. The molecule has 0 bridgehead atoms. The van der Waals surface area contributed by atoms with Crippen molar-refractivity contribution in [2.24, 2.45) is 0 Å². The highest BCUT2D eigenvalue weighted by Gasteiger charge is 2.45. The van der Waals surface area contributed by atoms with Crippen LogP contribution < -0.4 is 5.32 Å². The molecule has 1 saturated heterocycles. The van der Waals surface area contributed by atoms with Crippen LogP contribution in [-0.2, 0) is 9.53 Å². The van der Waals surface area contributed by atoms with Crippen molar-refractivity contribution in [1.29, 1.82) is 0 Å². The zero-order valence-corrected chi connectivity index (χ0v) is 18.9. The summed E-state index contributed by atoms with van der Waals surface area (Å²) in [5, 5.41) is 14.9. The number of alkyl carbamates (subject to hydrolysis) is 1. The first-order valence-electron chi connectivity index (χ1n) is 10.8. The average molecular weight is 437 g/mol. The van der Waals surface area contributed by atoms with Crippen LogP contribution >= 0.6 is 11.6 Å². The molecule has 2 N–H and O–H groups in total. The number of hydrogen-bond donors (Lipinski definition) is 2. The molecule has 1 aromatic carbocycles. The number of amides is 2. The maximum Gasteiger partial charge on any atom is 0.407 e. The number of halogens is 1. The summed E-state index contributed by atoms with van der Waals surface area (Å²) in [6.45, 7) is 6.39. The molecule has 2 amide bonds. The second-order valence-corrected chi connectivity index (χ2v) is 10.0. The van der Waals surface area contributed by atoms with Gasteiger partial charge in [0.25, 0.3) is 0 Å². The highest BCUT2D eigenvalue weighted by molar-refractivity contribution is 6.30. The fraction of sp³-hybridized carbons (Fsp3) is 0.652. The number of benzene rings is 1. The predicted octanol–water partition coefficient (Wildman–Crippen LogP) is 4.24. The fourth-order valence-corrected chi connectivity index (χ4v) is 4.76. The largest absolute Gasteiger partial charge is 0.444 e. The Morgan fingerprint density at radius 3 is 2.60 bits per heavy atom. The number of aliphatic hydroxyl groups is 1. The molecule has 2 atom stereocenters. The van der Waals surface area contributed by atoms with Crippen LogP contribution in [0.2, 0.25) is 5.02 Å². The van der Waals surface area contributed by atoms with Gasteiger partial charge < -0.3 is 20.1 Å². The Labute approximate surface area is 183 Å². The number of rotatable bonds is 4. The number of carbonyl (C=O) groups is 2. The minimum Gasteiger partial charge on any atom is -0.444 e. The van der Waals surface area contributed by atoms with Crippen molar-refractivity contribution < 1.29 is 19.4 Å². The van der Waals surface area contributed by atoms with Crippen molar-refractivity contribution in [2.45, 2.75) is 82.5 Å². The van der Waals surface area contributed by atoms with E-state index in [1.165, 1.54) is 0 Å². The van der Waals surface area contributed by atoms with Crippen LogP contribution in [0.1, 0.15) is 70.8 Å². The molecular formula is C23H33ClN2O4. The monoisotopic (exact) mass is 436 g/mol. The van der Waals surface area contributed by atoms with Crippen molar-refractivity contribution in [1.82, 2.24) is 10.2 Å². The number of ether oxygens (including phenoxy) is 1. The Bertz CT molecular complexity index is 771. The minimum atomic E-state index is -1.07. The zero-order chi connectivity index (χ0) is 21.9. The third-order valence-corrected chi connectivity index (χ3v) is 6.14. The molecule has 0 radical (unpaired) electrons. The molecule has 1 aliphatic carbocycles. The molecule has 0 spiro atoms. The first-order valence-corrected chi connectivity index (χ1v) is 11.2. The molecule has 2 fully saturated rings. The Balaban J connectivity index is 1.75. The Kier molecular flexibility index (Phi) is 6.98. The predicted molar refractivity (Wildman–Crippen MR) is 117 cm³/mol. The van der Waals surface area contributed by atoms with Gasteiger partial charge in [-0.15, -0.1) is 0 Å². The second kappa shape index (κ2) is 9.15. The molecule has 1 saturated carbocycles. The third kappa shape index (κ3) is 5.67. The molecular weight excluding hydrogens is 404 g/mol. The molecule has 1 aliphatic heterocycles. The first kappa shape index (κ1) is 22.9. The van der Waals surface area contributed by atoms with E-state index in [0.717, 1.165) is 24.8 Å². The Hall–Kier alpha value is -1.79. The molecule has 7 heteroatoms. The molecule has 0 aromatic heterocycles. The van der Waals surface area contributed by atoms with Crippen molar-refractivity contribution >= 4 is 23.6 Å². The van der Waals surface area contributed by atoms with Gasteiger partial charge in [0.15, 0.2) is 0 Å². The number of nitrogens with zero attached hydrogens (tertiary/aromatic N) is 1. The van der Waals surface area contributed by atoms with E-state index in [9.17, 15) is 14.7 Å². The van der Waals surface area contributed by atoms with E-state index in [-0.39, 0.29) is 11.9 Å². The summed E-state index contributed by atoms with van der Waals surface area (Å²) in [5.41, 5.74) is -0.892. The number of nitrogens with one attached hydrogen (secondary N) is 1. The van der Waals surface area contributed by atoms with Crippen LogP contribution in [0.3, 0.4) is 0 Å². The summed E-state index contributed by atoms with van der Waals surface area (Å²) >= 11 is 6.20. The van der Waals surface area contributed by atoms with Gasteiger partial charge in [0.2, 0.25) is 5.91 Å². The van der Waals surface area contributed by atoms with Gasteiger partial charge in [0.05, 0.1) is 17.6 Å². The van der Waals surface area contributed by atoms with Crippen LogP contribution in [0.4, 0.5) is 4.79 Å². The summed E-state index contributed by atoms with van der Waals surface area (Å²) in [6.07, 6.45) is 4.27. The van der Waals surface area contributed by atoms with E-state index in [1.54, 1.807) is 17.0 Å². The fourth-order valence-electron chi connectivity index (χ4n) is 4.56.